The molecule has 6 nitrogen and oxygen atoms in total. The largest absolute Gasteiger partial charge is 0.435 e. The molecular weight excluding hydrogens is 335 g/mol. The lowest BCUT2D eigenvalue weighted by molar-refractivity contribution is -0.141. The molecule has 0 radical (unpaired) electrons. The summed E-state index contributed by atoms with van der Waals surface area (Å²) in [6.07, 6.45) is -2.60. The third-order valence-corrected chi connectivity index (χ3v) is 4.18. The molecule has 1 heterocycles. The van der Waals surface area contributed by atoms with E-state index in [1.165, 1.54) is 24.3 Å². The van der Waals surface area contributed by atoms with Crippen molar-refractivity contribution < 1.29 is 26.4 Å². The molecule has 2 rings (SSSR count). The average molecular weight is 347 g/mol. The number of nitrogens with zero attached hydrogens (tertiary/aromatic N) is 3. The Balaban J connectivity index is 2.37. The van der Waals surface area contributed by atoms with Crippen molar-refractivity contribution in [2.24, 2.45) is 0 Å². The highest BCUT2D eigenvalue weighted by molar-refractivity contribution is 7.88. The van der Waals surface area contributed by atoms with Gasteiger partial charge in [0.15, 0.2) is 5.69 Å². The Kier molecular flexibility index (Phi) is 4.20. The molecule has 2 aromatic rings. The SMILES string of the molecule is CN(C(=O)c1cccc(-n2ccc(C(F)(F)F)n2)c1)S(C)(=O)=O. The minimum absolute atomic E-state index is 0.0134. The first kappa shape index (κ1) is 17.0. The van der Waals surface area contributed by atoms with Crippen LogP contribution >= 0.6 is 0 Å². The van der Waals surface area contributed by atoms with Crippen molar-refractivity contribution in [3.05, 3.63) is 47.8 Å². The van der Waals surface area contributed by atoms with Crippen LogP contribution in [0.5, 0.6) is 0 Å². The van der Waals surface area contributed by atoms with Crippen LogP contribution in [0.1, 0.15) is 16.1 Å². The van der Waals surface area contributed by atoms with Crippen molar-refractivity contribution >= 4 is 15.9 Å². The van der Waals surface area contributed by atoms with E-state index in [0.717, 1.165) is 30.2 Å². The van der Waals surface area contributed by atoms with Crippen LogP contribution in [0.25, 0.3) is 5.69 Å². The molecule has 124 valence electrons. The summed E-state index contributed by atoms with van der Waals surface area (Å²) in [4.78, 5) is 12.1. The summed E-state index contributed by atoms with van der Waals surface area (Å²) in [6, 6.07) is 6.30. The number of alkyl halides is 3. The zero-order valence-corrected chi connectivity index (χ0v) is 12.9. The molecule has 23 heavy (non-hydrogen) atoms. The van der Waals surface area contributed by atoms with E-state index in [0.29, 0.717) is 4.31 Å². The van der Waals surface area contributed by atoms with Gasteiger partial charge in [0.05, 0.1) is 11.9 Å². The van der Waals surface area contributed by atoms with Gasteiger partial charge in [-0.2, -0.15) is 18.3 Å². The minimum atomic E-state index is -4.57. The Bertz CT molecular complexity index is 843. The van der Waals surface area contributed by atoms with Gasteiger partial charge in [-0.3, -0.25) is 4.79 Å². The molecule has 0 fully saturated rings. The van der Waals surface area contributed by atoms with Crippen LogP contribution in [0.3, 0.4) is 0 Å². The number of carbonyl (C=O) groups excluding carboxylic acids is 1. The second-order valence-electron chi connectivity index (χ2n) is 4.73. The highest BCUT2D eigenvalue weighted by Gasteiger charge is 2.33. The third kappa shape index (κ3) is 3.70. The number of sulfonamides is 1. The van der Waals surface area contributed by atoms with Crippen molar-refractivity contribution in [2.45, 2.75) is 6.18 Å². The van der Waals surface area contributed by atoms with Crippen molar-refractivity contribution in [1.29, 1.82) is 0 Å². The predicted octanol–water partition coefficient (Wildman–Crippen LogP) is 1.92. The number of hydrogen-bond acceptors (Lipinski definition) is 4. The monoisotopic (exact) mass is 347 g/mol. The minimum Gasteiger partial charge on any atom is -0.268 e. The van der Waals surface area contributed by atoms with Gasteiger partial charge >= 0.3 is 6.18 Å². The second kappa shape index (κ2) is 5.69. The first-order chi connectivity index (χ1) is 10.5. The summed E-state index contributed by atoms with van der Waals surface area (Å²) in [5.41, 5.74) is -0.852. The normalized spacial score (nSPS) is 12.2. The van der Waals surface area contributed by atoms with Gasteiger partial charge in [-0.1, -0.05) is 6.07 Å². The Morgan fingerprint density at radius 2 is 1.91 bits per heavy atom. The maximum atomic E-state index is 12.6. The molecule has 1 aromatic heterocycles. The van der Waals surface area contributed by atoms with E-state index in [1.807, 2.05) is 0 Å². The Labute approximate surface area is 130 Å². The van der Waals surface area contributed by atoms with E-state index >= 15 is 0 Å². The van der Waals surface area contributed by atoms with Crippen LogP contribution in [0.2, 0.25) is 0 Å². The fourth-order valence-electron chi connectivity index (χ4n) is 1.73. The number of halogens is 3. The lowest BCUT2D eigenvalue weighted by Crippen LogP contribution is -2.32. The van der Waals surface area contributed by atoms with Gasteiger partial charge in [0.25, 0.3) is 5.91 Å². The molecule has 0 aliphatic carbocycles. The summed E-state index contributed by atoms with van der Waals surface area (Å²) in [7, 11) is -2.63. The van der Waals surface area contributed by atoms with Gasteiger partial charge in [0.1, 0.15) is 0 Å². The molecule has 0 atom stereocenters. The van der Waals surface area contributed by atoms with E-state index in [9.17, 15) is 26.4 Å². The predicted molar refractivity (Wildman–Crippen MR) is 75.5 cm³/mol. The molecular formula is C13H12F3N3O3S. The average Bonchev–Trinajstić information content (AvgIpc) is 2.94. The number of benzene rings is 1. The summed E-state index contributed by atoms with van der Waals surface area (Å²) in [5.74, 6) is -0.794. The van der Waals surface area contributed by atoms with E-state index in [-0.39, 0.29) is 11.3 Å². The molecule has 0 spiro atoms. The van der Waals surface area contributed by atoms with E-state index in [2.05, 4.69) is 5.10 Å². The number of amides is 1. The van der Waals surface area contributed by atoms with Crippen LogP contribution in [0.15, 0.2) is 36.5 Å². The van der Waals surface area contributed by atoms with Gasteiger partial charge < -0.3 is 0 Å². The van der Waals surface area contributed by atoms with Crippen LogP contribution < -0.4 is 0 Å². The first-order valence-electron chi connectivity index (χ1n) is 6.21. The zero-order chi connectivity index (χ0) is 17.4. The molecule has 0 saturated carbocycles. The van der Waals surface area contributed by atoms with Gasteiger partial charge in [0, 0.05) is 18.8 Å². The lowest BCUT2D eigenvalue weighted by atomic mass is 10.2. The second-order valence-corrected chi connectivity index (χ2v) is 6.74. The highest BCUT2D eigenvalue weighted by atomic mass is 32.2. The Morgan fingerprint density at radius 1 is 1.26 bits per heavy atom. The van der Waals surface area contributed by atoms with Crippen LogP contribution in [0, 0.1) is 0 Å². The molecule has 0 unspecified atom stereocenters. The summed E-state index contributed by atoms with van der Waals surface area (Å²) >= 11 is 0. The zero-order valence-electron chi connectivity index (χ0n) is 12.1. The number of aromatic nitrogens is 2. The fraction of sp³-hybridized carbons (Fsp3) is 0.231. The molecule has 0 N–H and O–H groups in total. The van der Waals surface area contributed by atoms with E-state index in [4.69, 9.17) is 0 Å². The van der Waals surface area contributed by atoms with Crippen LogP contribution in [-0.2, 0) is 16.2 Å². The van der Waals surface area contributed by atoms with Gasteiger partial charge in [-0.25, -0.2) is 17.4 Å². The van der Waals surface area contributed by atoms with Gasteiger partial charge in [-0.15, -0.1) is 0 Å². The number of hydrogen-bond donors (Lipinski definition) is 0. The Morgan fingerprint density at radius 3 is 2.43 bits per heavy atom. The van der Waals surface area contributed by atoms with Crippen molar-refractivity contribution in [2.75, 3.05) is 13.3 Å². The number of rotatable bonds is 3. The van der Waals surface area contributed by atoms with E-state index in [1.54, 1.807) is 0 Å². The third-order valence-electron chi connectivity index (χ3n) is 3.02. The summed E-state index contributed by atoms with van der Waals surface area (Å²) < 4.78 is 61.9. The van der Waals surface area contributed by atoms with Crippen molar-refractivity contribution in [1.82, 2.24) is 14.1 Å². The van der Waals surface area contributed by atoms with Crippen LogP contribution in [0.4, 0.5) is 13.2 Å². The van der Waals surface area contributed by atoms with Gasteiger partial charge in [0.2, 0.25) is 10.0 Å². The quantitative estimate of drug-likeness (QED) is 0.850. The Hall–Kier alpha value is -2.36. The standard InChI is InChI=1S/C13H12F3N3O3S/c1-18(23(2,21)22)12(20)9-4-3-5-10(8-9)19-7-6-11(17-19)13(14,15)16/h3-8H,1-2H3. The van der Waals surface area contributed by atoms with Crippen LogP contribution in [-0.4, -0.2) is 41.7 Å². The molecule has 10 heteroatoms. The molecule has 0 bridgehead atoms. The number of carbonyl (C=O) groups is 1. The topological polar surface area (TPSA) is 72.3 Å². The molecule has 0 aliphatic rings. The summed E-state index contributed by atoms with van der Waals surface area (Å²) in [5, 5.41) is 3.39. The van der Waals surface area contributed by atoms with Crippen molar-refractivity contribution in [3.8, 4) is 5.69 Å². The maximum Gasteiger partial charge on any atom is 0.435 e. The molecule has 1 amide bonds. The molecule has 1 aromatic carbocycles. The lowest BCUT2D eigenvalue weighted by Gasteiger charge is -2.15. The van der Waals surface area contributed by atoms with Crippen molar-refractivity contribution in [3.63, 3.8) is 0 Å². The molecule has 0 saturated heterocycles. The fourth-order valence-corrected chi connectivity index (χ4v) is 2.14. The summed E-state index contributed by atoms with van der Waals surface area (Å²) in [6.45, 7) is 0. The highest BCUT2D eigenvalue weighted by Crippen LogP contribution is 2.28. The van der Waals surface area contributed by atoms with Gasteiger partial charge in [-0.05, 0) is 24.3 Å². The van der Waals surface area contributed by atoms with E-state index < -0.39 is 27.8 Å². The smallest absolute Gasteiger partial charge is 0.268 e. The maximum absolute atomic E-state index is 12.6. The molecule has 0 aliphatic heterocycles. The first-order valence-corrected chi connectivity index (χ1v) is 8.06.